The van der Waals surface area contributed by atoms with Gasteiger partial charge in [0.2, 0.25) is 0 Å². The van der Waals surface area contributed by atoms with E-state index in [2.05, 4.69) is 41.9 Å². The maximum absolute atomic E-state index is 12.8. The standard InChI is InChI=1S/C26H34N4O2.C2HF3O2/c1-25(2)17-20-19(5-3-7-22(20)32-25)18-29-13-9-26(10-14-29)11-15-30(16-12-26)24(31)21-6-4-8-23(27)28-21;3-2(4,5)1(6)7/h3-8H,9-18H2,1-2H3,(H2,27,28);(H,6,7). The molecule has 0 bridgehead atoms. The summed E-state index contributed by atoms with van der Waals surface area (Å²) in [5.41, 5.74) is 9.29. The van der Waals surface area contributed by atoms with E-state index in [1.54, 1.807) is 18.2 Å². The molecule has 0 unspecified atom stereocenters. The highest BCUT2D eigenvalue weighted by molar-refractivity contribution is 5.92. The van der Waals surface area contributed by atoms with Crippen LogP contribution in [0, 0.1) is 5.41 Å². The Balaban J connectivity index is 0.000000448. The van der Waals surface area contributed by atoms with Gasteiger partial charge in [-0.3, -0.25) is 9.69 Å². The molecule has 212 valence electrons. The van der Waals surface area contributed by atoms with Crippen molar-refractivity contribution in [3.05, 3.63) is 53.2 Å². The third-order valence-electron chi connectivity index (χ3n) is 7.87. The molecule has 2 saturated heterocycles. The number of nitrogens with two attached hydrogens (primary N) is 1. The Kier molecular flexibility index (Phi) is 8.11. The van der Waals surface area contributed by atoms with Gasteiger partial charge in [-0.05, 0) is 81.8 Å². The summed E-state index contributed by atoms with van der Waals surface area (Å²) in [4.78, 5) is 30.5. The number of fused-ring (bicyclic) bond motifs is 1. The van der Waals surface area contributed by atoms with Crippen LogP contribution in [0.2, 0.25) is 0 Å². The van der Waals surface area contributed by atoms with Gasteiger partial charge in [-0.15, -0.1) is 0 Å². The smallest absolute Gasteiger partial charge is 0.487 e. The first-order valence-electron chi connectivity index (χ1n) is 13.1. The van der Waals surface area contributed by atoms with E-state index in [1.807, 2.05) is 4.90 Å². The zero-order chi connectivity index (χ0) is 28.4. The molecule has 3 aliphatic rings. The van der Waals surface area contributed by atoms with Gasteiger partial charge in [-0.1, -0.05) is 18.2 Å². The van der Waals surface area contributed by atoms with Crippen LogP contribution in [-0.4, -0.2) is 69.7 Å². The number of hydrogen-bond acceptors (Lipinski definition) is 6. The third-order valence-corrected chi connectivity index (χ3v) is 7.87. The topological polar surface area (TPSA) is 109 Å². The second-order valence-corrected chi connectivity index (χ2v) is 11.3. The third kappa shape index (κ3) is 7.00. The maximum atomic E-state index is 12.8. The zero-order valence-electron chi connectivity index (χ0n) is 22.3. The minimum atomic E-state index is -5.08. The summed E-state index contributed by atoms with van der Waals surface area (Å²) >= 11 is 0. The number of likely N-dealkylation sites (tertiary alicyclic amines) is 2. The number of carbonyl (C=O) groups excluding carboxylic acids is 1. The minimum Gasteiger partial charge on any atom is -0.487 e. The highest BCUT2D eigenvalue weighted by atomic mass is 19.4. The molecule has 39 heavy (non-hydrogen) atoms. The molecule has 3 N–H and O–H groups in total. The Labute approximate surface area is 225 Å². The van der Waals surface area contributed by atoms with Crippen LogP contribution in [0.15, 0.2) is 36.4 Å². The number of piperidine rings is 2. The van der Waals surface area contributed by atoms with E-state index in [9.17, 15) is 18.0 Å². The maximum Gasteiger partial charge on any atom is 0.490 e. The molecule has 3 aliphatic heterocycles. The van der Waals surface area contributed by atoms with Crippen molar-refractivity contribution in [1.82, 2.24) is 14.8 Å². The van der Waals surface area contributed by atoms with Crippen LogP contribution in [0.25, 0.3) is 0 Å². The number of carbonyl (C=O) groups is 2. The molecule has 0 atom stereocenters. The molecule has 1 amide bonds. The molecule has 0 radical (unpaired) electrons. The summed E-state index contributed by atoms with van der Waals surface area (Å²) < 4.78 is 37.9. The number of anilines is 1. The van der Waals surface area contributed by atoms with E-state index in [0.29, 0.717) is 16.9 Å². The van der Waals surface area contributed by atoms with Gasteiger partial charge in [-0.2, -0.15) is 13.2 Å². The lowest BCUT2D eigenvalue weighted by Gasteiger charge is -2.47. The number of nitrogen functional groups attached to an aromatic ring is 1. The van der Waals surface area contributed by atoms with E-state index < -0.39 is 12.1 Å². The van der Waals surface area contributed by atoms with Crippen molar-refractivity contribution in [1.29, 1.82) is 0 Å². The quantitative estimate of drug-likeness (QED) is 0.580. The van der Waals surface area contributed by atoms with Gasteiger partial charge in [0, 0.05) is 31.6 Å². The van der Waals surface area contributed by atoms with Gasteiger partial charge in [-0.25, -0.2) is 9.78 Å². The van der Waals surface area contributed by atoms with Gasteiger partial charge in [0.05, 0.1) is 0 Å². The lowest BCUT2D eigenvalue weighted by Crippen LogP contribution is -2.48. The summed E-state index contributed by atoms with van der Waals surface area (Å²) in [6, 6.07) is 11.8. The average Bonchev–Trinajstić information content (AvgIpc) is 3.20. The summed E-state index contributed by atoms with van der Waals surface area (Å²) in [6.45, 7) is 9.21. The van der Waals surface area contributed by atoms with Crippen LogP contribution in [0.1, 0.15) is 61.1 Å². The molecule has 2 fully saturated rings. The Bertz CT molecular complexity index is 1200. The van der Waals surface area contributed by atoms with Gasteiger partial charge < -0.3 is 20.5 Å². The fourth-order valence-corrected chi connectivity index (χ4v) is 5.66. The summed E-state index contributed by atoms with van der Waals surface area (Å²) in [5, 5.41) is 7.12. The average molecular weight is 549 g/mol. The normalized spacial score (nSPS) is 20.0. The molecule has 2 aromatic rings. The first-order chi connectivity index (χ1) is 18.3. The molecule has 5 rings (SSSR count). The molecule has 0 aliphatic carbocycles. The Hall–Kier alpha value is -3.34. The molecular formula is C28H35F3N4O4. The van der Waals surface area contributed by atoms with Gasteiger partial charge in [0.25, 0.3) is 5.91 Å². The molecule has 11 heteroatoms. The van der Waals surface area contributed by atoms with Crippen LogP contribution >= 0.6 is 0 Å². The van der Waals surface area contributed by atoms with Crippen molar-refractivity contribution in [2.75, 3.05) is 31.9 Å². The number of amides is 1. The number of pyridine rings is 1. The van der Waals surface area contributed by atoms with Gasteiger partial charge >= 0.3 is 12.1 Å². The van der Waals surface area contributed by atoms with Crippen molar-refractivity contribution in [3.63, 3.8) is 0 Å². The number of nitrogens with zero attached hydrogens (tertiary/aromatic N) is 3. The number of alkyl halides is 3. The molecule has 4 heterocycles. The van der Waals surface area contributed by atoms with Gasteiger partial charge in [0.15, 0.2) is 0 Å². The fourth-order valence-electron chi connectivity index (χ4n) is 5.66. The van der Waals surface area contributed by atoms with E-state index in [4.69, 9.17) is 20.4 Å². The van der Waals surface area contributed by atoms with Crippen molar-refractivity contribution < 1.29 is 32.6 Å². The van der Waals surface area contributed by atoms with Gasteiger partial charge in [0.1, 0.15) is 22.9 Å². The number of aliphatic carboxylic acids is 1. The lowest BCUT2D eigenvalue weighted by molar-refractivity contribution is -0.192. The SMILES string of the molecule is CC1(C)Cc2c(CN3CCC4(CC3)CCN(C(=O)c3cccc(N)n3)CC4)cccc2O1.O=C(O)C(F)(F)F. The molecule has 1 spiro atoms. The summed E-state index contributed by atoms with van der Waals surface area (Å²) in [7, 11) is 0. The predicted molar refractivity (Wildman–Crippen MR) is 139 cm³/mol. The van der Waals surface area contributed by atoms with Crippen molar-refractivity contribution in [2.45, 2.75) is 64.3 Å². The van der Waals surface area contributed by atoms with Crippen molar-refractivity contribution >= 4 is 17.7 Å². The molecular weight excluding hydrogens is 513 g/mol. The first-order valence-corrected chi connectivity index (χ1v) is 13.1. The van der Waals surface area contributed by atoms with Crippen LogP contribution in [-0.2, 0) is 17.8 Å². The Morgan fingerprint density at radius 2 is 1.62 bits per heavy atom. The summed E-state index contributed by atoms with van der Waals surface area (Å²) in [6.07, 6.45) is 0.489. The number of ether oxygens (including phenoxy) is 1. The number of aromatic nitrogens is 1. The fraction of sp³-hybridized carbons (Fsp3) is 0.536. The van der Waals surface area contributed by atoms with Crippen LogP contribution in [0.3, 0.4) is 0 Å². The second-order valence-electron chi connectivity index (χ2n) is 11.3. The number of rotatable bonds is 3. The van der Waals surface area contributed by atoms with Crippen LogP contribution in [0.4, 0.5) is 19.0 Å². The number of benzene rings is 1. The molecule has 8 nitrogen and oxygen atoms in total. The molecule has 1 aromatic carbocycles. The minimum absolute atomic E-state index is 0.00709. The number of carboxylic acids is 1. The van der Waals surface area contributed by atoms with Crippen LogP contribution < -0.4 is 10.5 Å². The molecule has 0 saturated carbocycles. The second kappa shape index (κ2) is 11.0. The highest BCUT2D eigenvalue weighted by Crippen LogP contribution is 2.42. The monoisotopic (exact) mass is 548 g/mol. The number of carboxylic acid groups (broad SMARTS) is 1. The largest absolute Gasteiger partial charge is 0.490 e. The van der Waals surface area contributed by atoms with E-state index in [-0.39, 0.29) is 11.5 Å². The highest BCUT2D eigenvalue weighted by Gasteiger charge is 2.40. The van der Waals surface area contributed by atoms with E-state index in [0.717, 1.165) is 57.7 Å². The van der Waals surface area contributed by atoms with Crippen molar-refractivity contribution in [3.8, 4) is 5.75 Å². The summed E-state index contributed by atoms with van der Waals surface area (Å²) in [5.74, 6) is -1.29. The number of hydrogen-bond donors (Lipinski definition) is 2. The van der Waals surface area contributed by atoms with E-state index >= 15 is 0 Å². The first kappa shape index (κ1) is 28.7. The lowest BCUT2D eigenvalue weighted by atomic mass is 9.71. The van der Waals surface area contributed by atoms with E-state index in [1.165, 1.54) is 24.0 Å². The van der Waals surface area contributed by atoms with Crippen molar-refractivity contribution in [2.24, 2.45) is 5.41 Å². The molecule has 1 aromatic heterocycles. The van der Waals surface area contributed by atoms with Crippen LogP contribution in [0.5, 0.6) is 5.75 Å². The Morgan fingerprint density at radius 1 is 1.03 bits per heavy atom. The predicted octanol–water partition coefficient (Wildman–Crippen LogP) is 4.53. The zero-order valence-corrected chi connectivity index (χ0v) is 22.3. The number of halogens is 3. The Morgan fingerprint density at radius 3 is 2.21 bits per heavy atom.